The molecule has 2 aliphatic rings. The van der Waals surface area contributed by atoms with Gasteiger partial charge < -0.3 is 34.8 Å². The van der Waals surface area contributed by atoms with Crippen LogP contribution in [0.1, 0.15) is 25.8 Å². The number of aliphatic hydroxyl groups is 1. The third-order valence-electron chi connectivity index (χ3n) is 6.85. The Labute approximate surface area is 228 Å². The van der Waals surface area contributed by atoms with Crippen molar-refractivity contribution in [2.75, 3.05) is 26.3 Å². The van der Waals surface area contributed by atoms with E-state index in [1.165, 1.54) is 6.07 Å². The molecule has 0 saturated carbocycles. The van der Waals surface area contributed by atoms with E-state index in [0.29, 0.717) is 13.0 Å². The molecule has 0 aromatic heterocycles. The zero-order valence-corrected chi connectivity index (χ0v) is 22.8. The number of aliphatic hydroxyl groups excluding tert-OH is 1. The molecule has 0 spiro atoms. The fourth-order valence-electron chi connectivity index (χ4n) is 4.85. The molecule has 2 aromatic rings. The first kappa shape index (κ1) is 29.1. The third kappa shape index (κ3) is 7.20. The summed E-state index contributed by atoms with van der Waals surface area (Å²) in [6, 6.07) is 11.6. The van der Waals surface area contributed by atoms with Crippen LogP contribution >= 0.6 is 0 Å². The number of phenolic OH excluding ortho intramolecular Hbond substituents is 2. The van der Waals surface area contributed by atoms with Gasteiger partial charge in [0.15, 0.2) is 17.8 Å². The van der Waals surface area contributed by atoms with E-state index in [9.17, 15) is 28.5 Å². The number of aromatic hydroxyl groups is 2. The molecule has 2 aliphatic heterocycles. The van der Waals surface area contributed by atoms with Gasteiger partial charge in [0.05, 0.1) is 36.2 Å². The van der Waals surface area contributed by atoms with Gasteiger partial charge in [-0.3, -0.25) is 0 Å². The Morgan fingerprint density at radius 3 is 2.54 bits per heavy atom. The number of hydrogen-bond acceptors (Lipinski definition) is 9. The van der Waals surface area contributed by atoms with E-state index in [0.717, 1.165) is 22.0 Å². The number of nitrogens with one attached hydrogen (secondary N) is 1. The first-order valence-electron chi connectivity index (χ1n) is 13.0. The van der Waals surface area contributed by atoms with Crippen LogP contribution in [0.5, 0.6) is 11.5 Å². The number of rotatable bonds is 11. The van der Waals surface area contributed by atoms with Crippen LogP contribution in [0.15, 0.2) is 53.4 Å². The van der Waals surface area contributed by atoms with Gasteiger partial charge in [0, 0.05) is 19.2 Å². The number of ether oxygens (including phenoxy) is 3. The maximum Gasteiger partial charge on any atom is 0.407 e. The highest BCUT2D eigenvalue weighted by Crippen LogP contribution is 2.33. The summed E-state index contributed by atoms with van der Waals surface area (Å²) < 4.78 is 44.7. The average molecular weight is 565 g/mol. The molecule has 2 heterocycles. The highest BCUT2D eigenvalue weighted by Gasteiger charge is 2.44. The summed E-state index contributed by atoms with van der Waals surface area (Å²) in [4.78, 5) is 12.7. The normalized spacial score (nSPS) is 22.5. The van der Waals surface area contributed by atoms with Gasteiger partial charge in [-0.25, -0.2) is 13.2 Å². The summed E-state index contributed by atoms with van der Waals surface area (Å²) in [6.45, 7) is 4.17. The predicted octanol–water partition coefficient (Wildman–Crippen LogP) is 2.20. The Morgan fingerprint density at radius 2 is 1.85 bits per heavy atom. The molecule has 0 radical (unpaired) electrons. The van der Waals surface area contributed by atoms with Crippen LogP contribution in [0.3, 0.4) is 0 Å². The van der Waals surface area contributed by atoms with Gasteiger partial charge in [0.2, 0.25) is 10.0 Å². The third-order valence-corrected chi connectivity index (χ3v) is 8.68. The summed E-state index contributed by atoms with van der Waals surface area (Å²) >= 11 is 0. The minimum Gasteiger partial charge on any atom is -0.504 e. The van der Waals surface area contributed by atoms with Crippen molar-refractivity contribution in [3.8, 4) is 11.5 Å². The summed E-state index contributed by atoms with van der Waals surface area (Å²) in [5.74, 6) is -1.16. The first-order valence-corrected chi connectivity index (χ1v) is 14.4. The largest absolute Gasteiger partial charge is 0.504 e. The minimum absolute atomic E-state index is 0.0540. The van der Waals surface area contributed by atoms with Crippen molar-refractivity contribution in [3.63, 3.8) is 0 Å². The van der Waals surface area contributed by atoms with E-state index in [-0.39, 0.29) is 49.1 Å². The van der Waals surface area contributed by atoms with Gasteiger partial charge in [-0.15, -0.1) is 0 Å². The zero-order chi connectivity index (χ0) is 28.2. The Hall–Kier alpha value is -2.90. The monoisotopic (exact) mass is 564 g/mol. The van der Waals surface area contributed by atoms with Crippen LogP contribution in [0.2, 0.25) is 0 Å². The molecule has 1 amide bonds. The molecule has 214 valence electrons. The lowest BCUT2D eigenvalue weighted by Gasteiger charge is -2.31. The van der Waals surface area contributed by atoms with E-state index in [1.807, 2.05) is 44.2 Å². The lowest BCUT2D eigenvalue weighted by molar-refractivity contribution is -0.0907. The van der Waals surface area contributed by atoms with Gasteiger partial charge in [-0.1, -0.05) is 44.2 Å². The number of carbonyl (C=O) groups excluding carboxylic acids is 1. The van der Waals surface area contributed by atoms with Crippen molar-refractivity contribution in [3.05, 3.63) is 54.1 Å². The number of hydrogen-bond donors (Lipinski definition) is 4. The molecule has 4 rings (SSSR count). The topological polar surface area (TPSA) is 155 Å². The average Bonchev–Trinajstić information content (AvgIpc) is 3.50. The summed E-state index contributed by atoms with van der Waals surface area (Å²) in [7, 11) is -4.17. The lowest BCUT2D eigenvalue weighted by atomic mass is 10.0. The number of nitrogens with zero attached hydrogens (tertiary/aromatic N) is 1. The fourth-order valence-corrected chi connectivity index (χ4v) is 6.49. The summed E-state index contributed by atoms with van der Waals surface area (Å²) in [6.07, 6.45) is -1.97. The van der Waals surface area contributed by atoms with E-state index in [1.54, 1.807) is 0 Å². The molecule has 2 saturated heterocycles. The molecule has 4 N–H and O–H groups in total. The smallest absolute Gasteiger partial charge is 0.407 e. The first-order chi connectivity index (χ1) is 18.5. The van der Waals surface area contributed by atoms with Crippen LogP contribution in [-0.4, -0.2) is 85.0 Å². The van der Waals surface area contributed by atoms with Crippen molar-refractivity contribution in [1.82, 2.24) is 9.62 Å². The maximum atomic E-state index is 13.5. The molecule has 39 heavy (non-hydrogen) atoms. The van der Waals surface area contributed by atoms with Crippen molar-refractivity contribution in [2.45, 2.75) is 56.1 Å². The lowest BCUT2D eigenvalue weighted by Crippen LogP contribution is -2.51. The van der Waals surface area contributed by atoms with Crippen molar-refractivity contribution >= 4 is 16.1 Å². The van der Waals surface area contributed by atoms with E-state index in [4.69, 9.17) is 14.2 Å². The highest BCUT2D eigenvalue weighted by atomic mass is 32.2. The van der Waals surface area contributed by atoms with Crippen molar-refractivity contribution < 1.29 is 42.7 Å². The van der Waals surface area contributed by atoms with E-state index in [2.05, 4.69) is 5.32 Å². The van der Waals surface area contributed by atoms with Gasteiger partial charge in [0.1, 0.15) is 6.10 Å². The molecule has 2 aromatic carbocycles. The van der Waals surface area contributed by atoms with E-state index >= 15 is 0 Å². The molecule has 0 bridgehead atoms. The fraction of sp³-hybridized carbons (Fsp3) is 0.519. The molecule has 2 unspecified atom stereocenters. The van der Waals surface area contributed by atoms with Crippen LogP contribution in [-0.2, 0) is 30.7 Å². The SMILES string of the molecule is CC(C)CN(C[C@@H](O)[C@H](Cc1ccccc1)NC(=O)OC1CO[C@H]2OCCC12)S(=O)(=O)c1ccc(O)c(O)c1. The van der Waals surface area contributed by atoms with Crippen molar-refractivity contribution in [1.29, 1.82) is 0 Å². The Morgan fingerprint density at radius 1 is 1.10 bits per heavy atom. The summed E-state index contributed by atoms with van der Waals surface area (Å²) in [5.41, 5.74) is 0.831. The standard InChI is InChI=1S/C27H36N2O9S/c1-17(2)14-29(39(34,35)19-8-9-22(30)23(31)13-19)15-24(32)21(12-18-6-4-3-5-7-18)28-27(33)38-25-16-37-26-20(25)10-11-36-26/h3-9,13,17,20-21,24-26,30-32H,10-12,14-16H2,1-2H3,(H,28,33)/t20?,21-,24+,25?,26+/m0/s1. The van der Waals surface area contributed by atoms with E-state index < -0.39 is 45.9 Å². The van der Waals surface area contributed by atoms with Gasteiger partial charge >= 0.3 is 6.09 Å². The number of phenols is 2. The number of amides is 1. The van der Waals surface area contributed by atoms with Crippen LogP contribution in [0, 0.1) is 11.8 Å². The maximum absolute atomic E-state index is 13.5. The van der Waals surface area contributed by atoms with Gasteiger partial charge in [0.25, 0.3) is 0 Å². The van der Waals surface area contributed by atoms with Crippen molar-refractivity contribution in [2.24, 2.45) is 11.8 Å². The molecule has 5 atom stereocenters. The second kappa shape index (κ2) is 12.5. The Balaban J connectivity index is 1.52. The molecule has 12 heteroatoms. The van der Waals surface area contributed by atoms with Crippen LogP contribution < -0.4 is 5.32 Å². The number of alkyl carbamates (subject to hydrolysis) is 1. The second-order valence-electron chi connectivity index (χ2n) is 10.3. The number of carbonyl (C=O) groups is 1. The zero-order valence-electron chi connectivity index (χ0n) is 22.0. The predicted molar refractivity (Wildman–Crippen MR) is 141 cm³/mol. The number of benzene rings is 2. The Bertz CT molecular complexity index is 1230. The van der Waals surface area contributed by atoms with Crippen LogP contribution in [0.25, 0.3) is 0 Å². The molecular weight excluding hydrogens is 528 g/mol. The number of fused-ring (bicyclic) bond motifs is 1. The second-order valence-corrected chi connectivity index (χ2v) is 12.3. The molecule has 2 fully saturated rings. The van der Waals surface area contributed by atoms with Crippen LogP contribution in [0.4, 0.5) is 4.79 Å². The highest BCUT2D eigenvalue weighted by molar-refractivity contribution is 7.89. The minimum atomic E-state index is -4.17. The molecule has 11 nitrogen and oxygen atoms in total. The molecular formula is C27H36N2O9S. The molecule has 0 aliphatic carbocycles. The summed E-state index contributed by atoms with van der Waals surface area (Å²) in [5, 5.41) is 33.5. The number of sulfonamides is 1. The quantitative estimate of drug-likeness (QED) is 0.301. The Kier molecular flexibility index (Phi) is 9.34. The van der Waals surface area contributed by atoms with Gasteiger partial charge in [-0.2, -0.15) is 4.31 Å². The van der Waals surface area contributed by atoms with Gasteiger partial charge in [-0.05, 0) is 36.5 Å².